The Morgan fingerprint density at radius 2 is 1.74 bits per heavy atom. The molecule has 2 saturated heterocycles. The van der Waals surface area contributed by atoms with E-state index in [0.29, 0.717) is 12.0 Å². The Kier molecular flexibility index (Phi) is 6.92. The zero-order valence-corrected chi connectivity index (χ0v) is 17.5. The van der Waals surface area contributed by atoms with Crippen LogP contribution in [0.2, 0.25) is 0 Å². The van der Waals surface area contributed by atoms with Gasteiger partial charge in [-0.05, 0) is 48.9 Å². The first-order chi connectivity index (χ1) is 12.3. The van der Waals surface area contributed by atoms with Crippen molar-refractivity contribution in [1.82, 2.24) is 15.5 Å². The maximum absolute atomic E-state index is 12.8. The molecule has 2 amide bonds. The molecule has 1 spiro atoms. The zero-order valence-electron chi connectivity index (χ0n) is 16.6. The van der Waals surface area contributed by atoms with E-state index in [2.05, 4.69) is 10.6 Å². The molecule has 2 fully saturated rings. The van der Waals surface area contributed by atoms with Crippen LogP contribution in [-0.2, 0) is 11.3 Å². The average Bonchev–Trinajstić information content (AvgIpc) is 3.07. The molecule has 2 heterocycles. The maximum atomic E-state index is 12.8. The van der Waals surface area contributed by atoms with Gasteiger partial charge in [-0.2, -0.15) is 0 Å². The molecule has 5 nitrogen and oxygen atoms in total. The summed E-state index contributed by atoms with van der Waals surface area (Å²) >= 11 is 0. The minimum absolute atomic E-state index is 0. The summed E-state index contributed by atoms with van der Waals surface area (Å²) in [7, 11) is 0. The predicted octanol–water partition coefficient (Wildman–Crippen LogP) is 2.99. The van der Waals surface area contributed by atoms with Crippen LogP contribution in [0.15, 0.2) is 24.3 Å². The van der Waals surface area contributed by atoms with Crippen LogP contribution in [0.3, 0.4) is 0 Å². The number of halogens is 1. The molecular weight excluding hydrogens is 362 g/mol. The topological polar surface area (TPSA) is 61.4 Å². The van der Waals surface area contributed by atoms with Gasteiger partial charge in [-0.25, -0.2) is 0 Å². The van der Waals surface area contributed by atoms with Gasteiger partial charge in [-0.1, -0.05) is 32.9 Å². The lowest BCUT2D eigenvalue weighted by Crippen LogP contribution is -2.44. The molecule has 27 heavy (non-hydrogen) atoms. The minimum Gasteiger partial charge on any atom is -0.352 e. The molecule has 6 heteroatoms. The smallest absolute Gasteiger partial charge is 0.253 e. The lowest BCUT2D eigenvalue weighted by atomic mass is 9.78. The number of nitrogens with one attached hydrogen (secondary N) is 2. The molecule has 0 unspecified atom stereocenters. The second-order valence-electron chi connectivity index (χ2n) is 8.85. The number of piperidine rings is 1. The lowest BCUT2D eigenvalue weighted by molar-refractivity contribution is -0.128. The Morgan fingerprint density at radius 1 is 1.11 bits per heavy atom. The molecule has 0 radical (unpaired) electrons. The normalized spacial score (nSPS) is 18.9. The van der Waals surface area contributed by atoms with Crippen LogP contribution in [0.5, 0.6) is 0 Å². The van der Waals surface area contributed by atoms with E-state index in [9.17, 15) is 9.59 Å². The maximum Gasteiger partial charge on any atom is 0.253 e. The fourth-order valence-corrected chi connectivity index (χ4v) is 3.80. The molecule has 0 atom stereocenters. The van der Waals surface area contributed by atoms with Crippen molar-refractivity contribution in [2.24, 2.45) is 10.8 Å². The highest BCUT2D eigenvalue weighted by atomic mass is 35.5. The second kappa shape index (κ2) is 8.61. The number of amides is 2. The minimum atomic E-state index is -0.392. The van der Waals surface area contributed by atoms with Crippen LogP contribution in [-0.4, -0.2) is 42.9 Å². The first-order valence-corrected chi connectivity index (χ1v) is 9.66. The number of hydrogen-bond acceptors (Lipinski definition) is 3. The third-order valence-corrected chi connectivity index (χ3v) is 5.78. The van der Waals surface area contributed by atoms with Crippen LogP contribution in [0.25, 0.3) is 0 Å². The Morgan fingerprint density at radius 3 is 2.26 bits per heavy atom. The van der Waals surface area contributed by atoms with Crippen LogP contribution < -0.4 is 10.6 Å². The third-order valence-electron chi connectivity index (χ3n) is 5.78. The Balaban J connectivity index is 0.00000261. The van der Waals surface area contributed by atoms with Crippen molar-refractivity contribution in [3.63, 3.8) is 0 Å². The molecule has 0 aliphatic carbocycles. The predicted molar refractivity (Wildman–Crippen MR) is 110 cm³/mol. The molecule has 2 aliphatic heterocycles. The number of hydrogen-bond donors (Lipinski definition) is 2. The first-order valence-electron chi connectivity index (χ1n) is 9.66. The van der Waals surface area contributed by atoms with Gasteiger partial charge in [0.2, 0.25) is 5.91 Å². The van der Waals surface area contributed by atoms with Gasteiger partial charge in [0.15, 0.2) is 0 Å². The summed E-state index contributed by atoms with van der Waals surface area (Å²) in [6, 6.07) is 7.62. The van der Waals surface area contributed by atoms with E-state index in [-0.39, 0.29) is 24.2 Å². The highest BCUT2D eigenvalue weighted by molar-refractivity contribution is 5.94. The molecule has 0 aromatic heterocycles. The number of carbonyl (C=O) groups excluding carboxylic acids is 2. The third kappa shape index (κ3) is 5.23. The molecule has 1 aromatic carbocycles. The van der Waals surface area contributed by atoms with Gasteiger partial charge < -0.3 is 15.5 Å². The van der Waals surface area contributed by atoms with Gasteiger partial charge in [0, 0.05) is 37.2 Å². The Hall–Kier alpha value is -1.59. The van der Waals surface area contributed by atoms with Gasteiger partial charge in [0.25, 0.3) is 5.91 Å². The number of carbonyl (C=O) groups is 2. The Bertz CT molecular complexity index is 651. The first kappa shape index (κ1) is 21.7. The van der Waals surface area contributed by atoms with Gasteiger partial charge in [-0.3, -0.25) is 9.59 Å². The number of nitrogens with zero attached hydrogens (tertiary/aromatic N) is 1. The summed E-state index contributed by atoms with van der Waals surface area (Å²) in [4.78, 5) is 26.7. The summed E-state index contributed by atoms with van der Waals surface area (Å²) in [5.74, 6) is 0.150. The van der Waals surface area contributed by atoms with Crippen LogP contribution in [0, 0.1) is 10.8 Å². The van der Waals surface area contributed by atoms with Gasteiger partial charge >= 0.3 is 0 Å². The Labute approximate surface area is 168 Å². The highest BCUT2D eigenvalue weighted by Crippen LogP contribution is 2.37. The second-order valence-corrected chi connectivity index (χ2v) is 8.85. The lowest BCUT2D eigenvalue weighted by Gasteiger charge is -2.38. The van der Waals surface area contributed by atoms with Crippen molar-refractivity contribution in [2.45, 2.75) is 46.6 Å². The van der Waals surface area contributed by atoms with Crippen molar-refractivity contribution in [3.8, 4) is 0 Å². The van der Waals surface area contributed by atoms with E-state index in [1.165, 1.54) is 6.42 Å². The molecule has 150 valence electrons. The SMILES string of the molecule is CC(C)(C)C(=O)NCc1ccc(C(=O)N2CCC3(CCNC3)CC2)cc1.Cl. The van der Waals surface area contributed by atoms with Gasteiger partial charge in [0.05, 0.1) is 0 Å². The van der Waals surface area contributed by atoms with E-state index in [1.54, 1.807) is 0 Å². The quantitative estimate of drug-likeness (QED) is 0.829. The molecule has 2 N–H and O–H groups in total. The summed E-state index contributed by atoms with van der Waals surface area (Å²) in [6.07, 6.45) is 3.44. The van der Waals surface area contributed by atoms with E-state index < -0.39 is 5.41 Å². The van der Waals surface area contributed by atoms with E-state index in [0.717, 1.165) is 50.1 Å². The van der Waals surface area contributed by atoms with Crippen molar-refractivity contribution >= 4 is 24.2 Å². The highest BCUT2D eigenvalue weighted by Gasteiger charge is 2.38. The van der Waals surface area contributed by atoms with Crippen molar-refractivity contribution in [2.75, 3.05) is 26.2 Å². The molecule has 1 aromatic rings. The molecule has 0 bridgehead atoms. The van der Waals surface area contributed by atoms with Crippen LogP contribution >= 0.6 is 12.4 Å². The van der Waals surface area contributed by atoms with Crippen LogP contribution in [0.4, 0.5) is 0 Å². The van der Waals surface area contributed by atoms with Gasteiger partial charge in [-0.15, -0.1) is 12.4 Å². The van der Waals surface area contributed by atoms with Crippen molar-refractivity contribution in [3.05, 3.63) is 35.4 Å². The summed E-state index contributed by atoms with van der Waals surface area (Å²) < 4.78 is 0. The number of rotatable bonds is 3. The molecule has 0 saturated carbocycles. The standard InChI is InChI=1S/C21H31N3O2.ClH/c1-20(2,3)19(26)23-14-16-4-6-17(7-5-16)18(25)24-12-9-21(10-13-24)8-11-22-15-21;/h4-7,22H,8-15H2,1-3H3,(H,23,26);1H. The summed E-state index contributed by atoms with van der Waals surface area (Å²) in [5, 5.41) is 6.40. The average molecular weight is 394 g/mol. The van der Waals surface area contributed by atoms with Gasteiger partial charge in [0.1, 0.15) is 0 Å². The number of benzene rings is 1. The summed E-state index contributed by atoms with van der Waals surface area (Å²) in [6.45, 7) is 10.1. The van der Waals surface area contributed by atoms with Crippen molar-refractivity contribution < 1.29 is 9.59 Å². The van der Waals surface area contributed by atoms with E-state index in [4.69, 9.17) is 0 Å². The largest absolute Gasteiger partial charge is 0.352 e. The monoisotopic (exact) mass is 393 g/mol. The molecular formula is C21H32ClN3O2. The fourth-order valence-electron chi connectivity index (χ4n) is 3.80. The van der Waals surface area contributed by atoms with E-state index >= 15 is 0 Å². The number of likely N-dealkylation sites (tertiary alicyclic amines) is 1. The fraction of sp³-hybridized carbons (Fsp3) is 0.619. The zero-order chi connectivity index (χ0) is 18.8. The van der Waals surface area contributed by atoms with Crippen LogP contribution in [0.1, 0.15) is 56.0 Å². The summed E-state index contributed by atoms with van der Waals surface area (Å²) in [5.41, 5.74) is 1.77. The molecule has 2 aliphatic rings. The molecule has 3 rings (SSSR count). The van der Waals surface area contributed by atoms with Crippen molar-refractivity contribution in [1.29, 1.82) is 0 Å². The van der Waals surface area contributed by atoms with E-state index in [1.807, 2.05) is 49.9 Å².